The quantitative estimate of drug-likeness (QED) is 0.781. The van der Waals surface area contributed by atoms with Crippen LogP contribution in [-0.4, -0.2) is 48.5 Å². The number of allylic oxidation sites excluding steroid dienone is 1. The number of hydrogen-bond acceptors (Lipinski definition) is 4. The van der Waals surface area contributed by atoms with Crippen LogP contribution in [0.2, 0.25) is 0 Å². The Morgan fingerprint density at radius 2 is 2.13 bits per heavy atom. The van der Waals surface area contributed by atoms with Crippen molar-refractivity contribution in [1.82, 2.24) is 4.90 Å². The molecular weight excluding hydrogens is 294 g/mol. The maximum atomic E-state index is 12.7. The summed E-state index contributed by atoms with van der Waals surface area (Å²) in [6.07, 6.45) is 5.31. The Bertz CT molecular complexity index is 415. The van der Waals surface area contributed by atoms with Crippen molar-refractivity contribution < 1.29 is 19.4 Å². The van der Waals surface area contributed by atoms with E-state index in [0.717, 1.165) is 38.8 Å². The van der Waals surface area contributed by atoms with Crippen molar-refractivity contribution in [3.63, 3.8) is 0 Å². The number of aliphatic hydroxyl groups excluding tert-OH is 1. The third kappa shape index (κ3) is 4.48. The van der Waals surface area contributed by atoms with Gasteiger partial charge in [-0.1, -0.05) is 13.8 Å². The molecule has 1 N–H and O–H groups in total. The molecule has 2 aliphatic rings. The van der Waals surface area contributed by atoms with Gasteiger partial charge in [-0.05, 0) is 50.5 Å². The van der Waals surface area contributed by atoms with E-state index >= 15 is 0 Å². The predicted molar refractivity (Wildman–Crippen MR) is 88.5 cm³/mol. The van der Waals surface area contributed by atoms with Gasteiger partial charge in [0.05, 0.1) is 0 Å². The lowest BCUT2D eigenvalue weighted by atomic mass is 9.78. The van der Waals surface area contributed by atoms with Crippen LogP contribution in [0, 0.1) is 17.8 Å². The average Bonchev–Trinajstić information content (AvgIpc) is 3.06. The molecular formula is C18H31NO4. The van der Waals surface area contributed by atoms with Crippen LogP contribution in [0.3, 0.4) is 0 Å². The topological polar surface area (TPSA) is 59.0 Å². The number of likely N-dealkylation sites (tertiary alicyclic amines) is 1. The normalized spacial score (nSPS) is 28.0. The molecule has 1 amide bonds. The number of amides is 1. The van der Waals surface area contributed by atoms with Crippen LogP contribution in [0.4, 0.5) is 0 Å². The minimum atomic E-state index is -0.398. The van der Waals surface area contributed by atoms with Gasteiger partial charge >= 0.3 is 0 Å². The van der Waals surface area contributed by atoms with Crippen LogP contribution in [0.5, 0.6) is 0 Å². The summed E-state index contributed by atoms with van der Waals surface area (Å²) < 4.78 is 11.8. The van der Waals surface area contributed by atoms with Gasteiger partial charge in [-0.15, -0.1) is 0 Å². The van der Waals surface area contributed by atoms with Gasteiger partial charge in [-0.2, -0.15) is 0 Å². The molecule has 132 valence electrons. The van der Waals surface area contributed by atoms with Crippen LogP contribution in [-0.2, 0) is 14.3 Å². The van der Waals surface area contributed by atoms with Crippen LogP contribution in [0.1, 0.15) is 46.5 Å². The van der Waals surface area contributed by atoms with Gasteiger partial charge in [-0.25, -0.2) is 0 Å². The molecule has 2 heterocycles. The first-order valence-corrected chi connectivity index (χ1v) is 8.98. The van der Waals surface area contributed by atoms with E-state index in [4.69, 9.17) is 14.6 Å². The molecule has 0 bridgehead atoms. The summed E-state index contributed by atoms with van der Waals surface area (Å²) in [5.74, 6) is 1.25. The van der Waals surface area contributed by atoms with E-state index in [1.54, 1.807) is 0 Å². The lowest BCUT2D eigenvalue weighted by Crippen LogP contribution is -2.41. The first-order valence-electron chi connectivity index (χ1n) is 8.98. The van der Waals surface area contributed by atoms with Crippen molar-refractivity contribution in [2.24, 2.45) is 17.8 Å². The lowest BCUT2D eigenvalue weighted by molar-refractivity contribution is -0.178. The zero-order chi connectivity index (χ0) is 16.8. The van der Waals surface area contributed by atoms with Crippen LogP contribution < -0.4 is 0 Å². The zero-order valence-electron chi connectivity index (χ0n) is 14.7. The fourth-order valence-corrected chi connectivity index (χ4v) is 3.59. The Kier molecular flexibility index (Phi) is 6.90. The minimum absolute atomic E-state index is 0.00142. The van der Waals surface area contributed by atoms with E-state index in [1.807, 2.05) is 17.9 Å². The summed E-state index contributed by atoms with van der Waals surface area (Å²) in [4.78, 5) is 14.6. The smallest absolute Gasteiger partial charge is 0.288 e. The fourth-order valence-electron chi connectivity index (χ4n) is 3.59. The van der Waals surface area contributed by atoms with Crippen LogP contribution in [0.25, 0.3) is 0 Å². The maximum Gasteiger partial charge on any atom is 0.288 e. The van der Waals surface area contributed by atoms with E-state index < -0.39 is 6.29 Å². The third-order valence-electron chi connectivity index (χ3n) is 4.83. The average molecular weight is 325 g/mol. The molecule has 1 fully saturated rings. The van der Waals surface area contributed by atoms with E-state index in [0.29, 0.717) is 18.3 Å². The molecule has 1 saturated heterocycles. The SMILES string of the molecule is CCO[C@H]1OC(C(=O)N2CCCC2)=C[C@@H](C(C)C)[C@H]1CCCO. The molecule has 2 aliphatic heterocycles. The van der Waals surface area contributed by atoms with Crippen molar-refractivity contribution >= 4 is 5.91 Å². The number of nitrogens with zero attached hydrogens (tertiary/aromatic N) is 1. The Morgan fingerprint density at radius 3 is 2.70 bits per heavy atom. The van der Waals surface area contributed by atoms with Gasteiger partial charge in [-0.3, -0.25) is 4.79 Å². The number of rotatable bonds is 7. The first-order chi connectivity index (χ1) is 11.1. The highest BCUT2D eigenvalue weighted by Gasteiger charge is 2.39. The molecule has 0 aromatic carbocycles. The van der Waals surface area contributed by atoms with E-state index in [-0.39, 0.29) is 24.3 Å². The molecule has 0 unspecified atom stereocenters. The molecule has 0 aliphatic carbocycles. The summed E-state index contributed by atoms with van der Waals surface area (Å²) >= 11 is 0. The summed E-state index contributed by atoms with van der Waals surface area (Å²) in [6, 6.07) is 0. The van der Waals surface area contributed by atoms with Crippen LogP contribution >= 0.6 is 0 Å². The van der Waals surface area contributed by atoms with Crippen molar-refractivity contribution in [1.29, 1.82) is 0 Å². The molecule has 5 nitrogen and oxygen atoms in total. The maximum absolute atomic E-state index is 12.7. The number of carbonyl (C=O) groups excluding carboxylic acids is 1. The van der Waals surface area contributed by atoms with Gasteiger partial charge in [0.1, 0.15) is 0 Å². The molecule has 0 aromatic heterocycles. The highest BCUT2D eigenvalue weighted by molar-refractivity contribution is 5.91. The molecule has 0 spiro atoms. The molecule has 0 saturated carbocycles. The summed E-state index contributed by atoms with van der Waals surface area (Å²) in [5.41, 5.74) is 0. The molecule has 0 radical (unpaired) electrons. The molecule has 5 heteroatoms. The third-order valence-corrected chi connectivity index (χ3v) is 4.83. The second-order valence-electron chi connectivity index (χ2n) is 6.82. The largest absolute Gasteiger partial charge is 0.459 e. The van der Waals surface area contributed by atoms with Gasteiger partial charge in [0, 0.05) is 32.2 Å². The Morgan fingerprint density at radius 1 is 1.43 bits per heavy atom. The standard InChI is InChI=1S/C18H31NO4/c1-4-22-18-14(8-7-11-20)15(13(2)3)12-16(23-18)17(21)19-9-5-6-10-19/h12-15,18,20H,4-11H2,1-3H3/t14-,15+,18+/m1/s1. The summed E-state index contributed by atoms with van der Waals surface area (Å²) in [6.45, 7) is 8.63. The molecule has 2 rings (SSSR count). The number of ether oxygens (including phenoxy) is 2. The monoisotopic (exact) mass is 325 g/mol. The molecule has 0 aromatic rings. The summed E-state index contributed by atoms with van der Waals surface area (Å²) in [5, 5.41) is 9.16. The number of aliphatic hydroxyl groups is 1. The van der Waals surface area contributed by atoms with Crippen molar-refractivity contribution in [2.45, 2.75) is 52.7 Å². The molecule has 3 atom stereocenters. The number of hydrogen-bond donors (Lipinski definition) is 1. The van der Waals surface area contributed by atoms with Crippen molar-refractivity contribution in [3.8, 4) is 0 Å². The highest BCUT2D eigenvalue weighted by Crippen LogP contribution is 2.37. The van der Waals surface area contributed by atoms with E-state index in [1.165, 1.54) is 0 Å². The fraction of sp³-hybridized carbons (Fsp3) is 0.833. The first kappa shape index (κ1) is 18.3. The van der Waals surface area contributed by atoms with Gasteiger partial charge in [0.25, 0.3) is 5.91 Å². The summed E-state index contributed by atoms with van der Waals surface area (Å²) in [7, 11) is 0. The van der Waals surface area contributed by atoms with Crippen LogP contribution in [0.15, 0.2) is 11.8 Å². The van der Waals surface area contributed by atoms with Crippen molar-refractivity contribution in [2.75, 3.05) is 26.3 Å². The highest BCUT2D eigenvalue weighted by atomic mass is 16.7. The second kappa shape index (κ2) is 8.69. The van der Waals surface area contributed by atoms with Gasteiger partial charge < -0.3 is 19.5 Å². The molecule has 23 heavy (non-hydrogen) atoms. The van der Waals surface area contributed by atoms with Gasteiger partial charge in [0.15, 0.2) is 5.76 Å². The Balaban J connectivity index is 2.20. The van der Waals surface area contributed by atoms with Crippen molar-refractivity contribution in [3.05, 3.63) is 11.8 Å². The Hall–Kier alpha value is -1.07. The van der Waals surface area contributed by atoms with E-state index in [2.05, 4.69) is 13.8 Å². The second-order valence-corrected chi connectivity index (χ2v) is 6.82. The van der Waals surface area contributed by atoms with Gasteiger partial charge in [0.2, 0.25) is 6.29 Å². The Labute approximate surface area is 139 Å². The minimum Gasteiger partial charge on any atom is -0.459 e. The number of carbonyl (C=O) groups is 1. The lowest BCUT2D eigenvalue weighted by Gasteiger charge is -2.39. The predicted octanol–water partition coefficient (Wildman–Crippen LogP) is 2.55. The zero-order valence-corrected chi connectivity index (χ0v) is 14.7. The van der Waals surface area contributed by atoms with E-state index in [9.17, 15) is 4.79 Å².